The molecule has 1 aliphatic heterocycles. The second-order valence-corrected chi connectivity index (χ2v) is 8.46. The molecular weight excluding hydrogens is 256 g/mol. The third-order valence-corrected chi connectivity index (χ3v) is 7.14. The average Bonchev–Trinajstić information content (AvgIpc) is 3.17. The summed E-state index contributed by atoms with van der Waals surface area (Å²) in [5.74, 6) is 2.78. The standard InChI is InChI=1S/C19H36N2/c1-15(2)16-9-11-19(14-20,12-10-16)21-13-5-8-18(21)17-6-3-4-7-17/h15-18H,3-14,20H2,1-2H3. The van der Waals surface area contributed by atoms with Crippen LogP contribution < -0.4 is 5.73 Å². The van der Waals surface area contributed by atoms with E-state index < -0.39 is 0 Å². The van der Waals surface area contributed by atoms with Crippen molar-refractivity contribution < 1.29 is 0 Å². The second kappa shape index (κ2) is 6.58. The Morgan fingerprint density at radius 2 is 1.67 bits per heavy atom. The molecule has 0 bridgehead atoms. The third kappa shape index (κ3) is 3.03. The van der Waals surface area contributed by atoms with Crippen LogP contribution in [0, 0.1) is 17.8 Å². The van der Waals surface area contributed by atoms with Crippen LogP contribution >= 0.6 is 0 Å². The molecule has 2 nitrogen and oxygen atoms in total. The summed E-state index contributed by atoms with van der Waals surface area (Å²) in [5.41, 5.74) is 6.72. The molecule has 2 aliphatic carbocycles. The van der Waals surface area contributed by atoms with Crippen LogP contribution in [0.5, 0.6) is 0 Å². The van der Waals surface area contributed by atoms with Crippen molar-refractivity contribution >= 4 is 0 Å². The maximum Gasteiger partial charge on any atom is 0.0335 e. The lowest BCUT2D eigenvalue weighted by atomic mass is 9.71. The van der Waals surface area contributed by atoms with Crippen LogP contribution in [0.25, 0.3) is 0 Å². The van der Waals surface area contributed by atoms with E-state index in [4.69, 9.17) is 5.73 Å². The van der Waals surface area contributed by atoms with E-state index in [9.17, 15) is 0 Å². The first-order valence-corrected chi connectivity index (χ1v) is 9.63. The minimum Gasteiger partial charge on any atom is -0.329 e. The molecule has 2 saturated carbocycles. The quantitative estimate of drug-likeness (QED) is 0.842. The van der Waals surface area contributed by atoms with Gasteiger partial charge in [-0.2, -0.15) is 0 Å². The van der Waals surface area contributed by atoms with Crippen LogP contribution in [0.2, 0.25) is 0 Å². The molecule has 0 aromatic heterocycles. The van der Waals surface area contributed by atoms with Gasteiger partial charge >= 0.3 is 0 Å². The minimum absolute atomic E-state index is 0.356. The van der Waals surface area contributed by atoms with Crippen molar-refractivity contribution in [3.05, 3.63) is 0 Å². The van der Waals surface area contributed by atoms with E-state index in [1.165, 1.54) is 70.8 Å². The Morgan fingerprint density at radius 3 is 2.24 bits per heavy atom. The van der Waals surface area contributed by atoms with E-state index in [2.05, 4.69) is 18.7 Å². The second-order valence-electron chi connectivity index (χ2n) is 8.46. The van der Waals surface area contributed by atoms with Gasteiger partial charge in [-0.05, 0) is 75.7 Å². The molecule has 0 aromatic rings. The predicted octanol–water partition coefficient (Wildman–Crippen LogP) is 4.18. The summed E-state index contributed by atoms with van der Waals surface area (Å²) in [6, 6.07) is 0.867. The third-order valence-electron chi connectivity index (χ3n) is 7.14. The lowest BCUT2D eigenvalue weighted by Gasteiger charge is -2.50. The van der Waals surface area contributed by atoms with Crippen LogP contribution in [0.1, 0.15) is 78.1 Å². The SMILES string of the molecule is CC(C)C1CCC(CN)(N2CCCC2C2CCCC2)CC1. The van der Waals surface area contributed by atoms with Crippen LogP contribution in [-0.2, 0) is 0 Å². The molecule has 0 radical (unpaired) electrons. The van der Waals surface area contributed by atoms with Crippen molar-refractivity contribution in [3.8, 4) is 0 Å². The molecule has 2 heteroatoms. The van der Waals surface area contributed by atoms with Crippen LogP contribution in [-0.4, -0.2) is 29.6 Å². The van der Waals surface area contributed by atoms with Crippen LogP contribution in [0.15, 0.2) is 0 Å². The molecular formula is C19H36N2. The van der Waals surface area contributed by atoms with Gasteiger partial charge in [0, 0.05) is 18.1 Å². The molecule has 21 heavy (non-hydrogen) atoms. The fourth-order valence-electron chi connectivity index (χ4n) is 5.67. The van der Waals surface area contributed by atoms with E-state index in [1.54, 1.807) is 0 Å². The summed E-state index contributed by atoms with van der Waals surface area (Å²) >= 11 is 0. The fraction of sp³-hybridized carbons (Fsp3) is 1.00. The minimum atomic E-state index is 0.356. The molecule has 3 aliphatic rings. The van der Waals surface area contributed by atoms with Gasteiger partial charge in [0.2, 0.25) is 0 Å². The number of hydrogen-bond acceptors (Lipinski definition) is 2. The summed E-state index contributed by atoms with van der Waals surface area (Å²) in [6.07, 6.45) is 14.3. The van der Waals surface area contributed by atoms with E-state index in [1.807, 2.05) is 0 Å². The van der Waals surface area contributed by atoms with Gasteiger partial charge in [-0.1, -0.05) is 26.7 Å². The Labute approximate surface area is 131 Å². The number of rotatable bonds is 4. The van der Waals surface area contributed by atoms with Gasteiger partial charge in [0.05, 0.1) is 0 Å². The highest BCUT2D eigenvalue weighted by molar-refractivity contribution is 5.02. The first-order chi connectivity index (χ1) is 10.2. The first-order valence-electron chi connectivity index (χ1n) is 9.63. The van der Waals surface area contributed by atoms with E-state index in [-0.39, 0.29) is 0 Å². The zero-order valence-corrected chi connectivity index (χ0v) is 14.3. The van der Waals surface area contributed by atoms with Crippen molar-refractivity contribution in [2.45, 2.75) is 89.6 Å². The lowest BCUT2D eigenvalue weighted by molar-refractivity contribution is 0.00826. The van der Waals surface area contributed by atoms with Crippen molar-refractivity contribution in [2.75, 3.05) is 13.1 Å². The van der Waals surface area contributed by atoms with Gasteiger partial charge in [-0.15, -0.1) is 0 Å². The predicted molar refractivity (Wildman–Crippen MR) is 90.3 cm³/mol. The van der Waals surface area contributed by atoms with Gasteiger partial charge in [0.25, 0.3) is 0 Å². The average molecular weight is 293 g/mol. The first kappa shape index (κ1) is 15.8. The van der Waals surface area contributed by atoms with Crippen molar-refractivity contribution in [3.63, 3.8) is 0 Å². The highest BCUT2D eigenvalue weighted by atomic mass is 15.3. The topological polar surface area (TPSA) is 29.3 Å². The number of hydrogen-bond donors (Lipinski definition) is 1. The van der Waals surface area contributed by atoms with Gasteiger partial charge < -0.3 is 5.73 Å². The zero-order valence-electron chi connectivity index (χ0n) is 14.3. The largest absolute Gasteiger partial charge is 0.329 e. The van der Waals surface area contributed by atoms with Crippen molar-refractivity contribution in [1.29, 1.82) is 0 Å². The Hall–Kier alpha value is -0.0800. The Balaban J connectivity index is 1.70. The fourth-order valence-corrected chi connectivity index (χ4v) is 5.67. The highest BCUT2D eigenvalue weighted by Gasteiger charge is 2.46. The molecule has 1 heterocycles. The van der Waals surface area contributed by atoms with E-state index in [0.717, 1.165) is 30.3 Å². The molecule has 122 valence electrons. The van der Waals surface area contributed by atoms with Gasteiger partial charge in [0.1, 0.15) is 0 Å². The summed E-state index contributed by atoms with van der Waals surface area (Å²) in [7, 11) is 0. The summed E-state index contributed by atoms with van der Waals surface area (Å²) in [6.45, 7) is 7.01. The molecule has 0 amide bonds. The van der Waals surface area contributed by atoms with Crippen molar-refractivity contribution in [2.24, 2.45) is 23.5 Å². The molecule has 1 saturated heterocycles. The number of likely N-dealkylation sites (tertiary alicyclic amines) is 1. The van der Waals surface area contributed by atoms with Gasteiger partial charge in [0.15, 0.2) is 0 Å². The summed E-state index contributed by atoms with van der Waals surface area (Å²) in [5, 5.41) is 0. The van der Waals surface area contributed by atoms with Gasteiger partial charge in [-0.3, -0.25) is 4.90 Å². The van der Waals surface area contributed by atoms with Crippen molar-refractivity contribution in [1.82, 2.24) is 4.90 Å². The monoisotopic (exact) mass is 292 g/mol. The zero-order chi connectivity index (χ0) is 14.9. The normalized spacial score (nSPS) is 39.4. The maximum absolute atomic E-state index is 6.36. The number of nitrogens with zero attached hydrogens (tertiary/aromatic N) is 1. The number of nitrogens with two attached hydrogens (primary N) is 1. The van der Waals surface area contributed by atoms with Gasteiger partial charge in [-0.25, -0.2) is 0 Å². The molecule has 3 rings (SSSR count). The highest BCUT2D eigenvalue weighted by Crippen LogP contribution is 2.45. The molecule has 2 N–H and O–H groups in total. The lowest BCUT2D eigenvalue weighted by Crippen LogP contribution is -2.58. The van der Waals surface area contributed by atoms with E-state index in [0.29, 0.717) is 5.54 Å². The summed E-state index contributed by atoms with van der Waals surface area (Å²) in [4.78, 5) is 2.92. The molecule has 1 unspecified atom stereocenters. The molecule has 1 atom stereocenters. The smallest absolute Gasteiger partial charge is 0.0335 e. The molecule has 0 aromatic carbocycles. The van der Waals surface area contributed by atoms with E-state index >= 15 is 0 Å². The Kier molecular flexibility index (Phi) is 4.95. The molecule has 0 spiro atoms. The summed E-state index contributed by atoms with van der Waals surface area (Å²) < 4.78 is 0. The Bertz CT molecular complexity index is 324. The maximum atomic E-state index is 6.36. The van der Waals surface area contributed by atoms with Crippen LogP contribution in [0.4, 0.5) is 0 Å². The van der Waals surface area contributed by atoms with Crippen LogP contribution in [0.3, 0.4) is 0 Å². The Morgan fingerprint density at radius 1 is 1.00 bits per heavy atom. The molecule has 3 fully saturated rings.